The molecule has 18 amide bonds. The highest BCUT2D eigenvalue weighted by Crippen LogP contribution is 2.25. The number of carbonyl (C=O) groups is 20. The van der Waals surface area contributed by atoms with Crippen LogP contribution in [-0.4, -0.2) is 344 Å². The van der Waals surface area contributed by atoms with E-state index in [-0.39, 0.29) is 88.9 Å². The lowest BCUT2D eigenvalue weighted by molar-refractivity contribution is -0.143. The average molecular weight is 1880 g/mol. The van der Waals surface area contributed by atoms with Gasteiger partial charge in [-0.25, -0.2) is 0 Å². The van der Waals surface area contributed by atoms with E-state index in [4.69, 9.17) is 11.5 Å². The van der Waals surface area contributed by atoms with Crippen LogP contribution in [0.25, 0.3) is 21.8 Å². The van der Waals surface area contributed by atoms with Gasteiger partial charge in [0.05, 0.1) is 42.9 Å². The Morgan fingerprint density at radius 1 is 0.531 bits per heavy atom. The molecule has 0 radical (unpaired) electrons. The second-order valence-electron chi connectivity index (χ2n) is 32.2. The molecule has 48 heteroatoms. The highest BCUT2D eigenvalue weighted by Gasteiger charge is 2.43. The van der Waals surface area contributed by atoms with Gasteiger partial charge < -0.3 is 126 Å². The molecule has 3 aliphatic rings. The Bertz CT molecular complexity index is 4740. The zero-order valence-corrected chi connectivity index (χ0v) is 75.6. The number of carboxylic acids is 2. The number of aliphatic carboxylic acids is 2. The Morgan fingerprint density at radius 2 is 1.04 bits per heavy atom. The molecule has 14 atom stereocenters. The number of aliphatic hydroxyl groups is 1. The number of H-pyrrole nitrogens is 2. The molecule has 130 heavy (non-hydrogen) atoms. The van der Waals surface area contributed by atoms with Crippen molar-refractivity contribution in [2.45, 2.75) is 172 Å². The van der Waals surface area contributed by atoms with Gasteiger partial charge in [-0.15, -0.1) is 35.3 Å². The van der Waals surface area contributed by atoms with Crippen molar-refractivity contribution in [3.63, 3.8) is 0 Å². The lowest BCUT2D eigenvalue weighted by atomic mass is 9.99. The maximum absolute atomic E-state index is 15.3. The Hall–Kier alpha value is -12.1. The quantitative estimate of drug-likeness (QED) is 0.0391. The number of primary amides is 1. The van der Waals surface area contributed by atoms with Crippen molar-refractivity contribution in [2.75, 3.05) is 107 Å². The summed E-state index contributed by atoms with van der Waals surface area (Å²) >= 11 is 2.49. The summed E-state index contributed by atoms with van der Waals surface area (Å²) in [7, 11) is 1.33. The molecule has 0 saturated carbocycles. The van der Waals surface area contributed by atoms with Crippen molar-refractivity contribution in [3.8, 4) is 0 Å². The molecule has 7 rings (SSSR count). The summed E-state index contributed by atoms with van der Waals surface area (Å²) in [5, 5.41) is 70.7. The summed E-state index contributed by atoms with van der Waals surface area (Å²) in [6.45, 7) is 7.00. The van der Waals surface area contributed by atoms with Gasteiger partial charge in [0.1, 0.15) is 72.5 Å². The molecule has 5 heterocycles. The van der Waals surface area contributed by atoms with Crippen LogP contribution >= 0.6 is 35.3 Å². The molecule has 2 aromatic carbocycles. The van der Waals surface area contributed by atoms with E-state index < -0.39 is 265 Å². The van der Waals surface area contributed by atoms with Gasteiger partial charge in [0.25, 0.3) is 0 Å². The Balaban J connectivity index is 1.26. The second kappa shape index (κ2) is 51.9. The highest BCUT2D eigenvalue weighted by atomic mass is 32.2. The number of likely N-dealkylation sites (N-methyl/N-ethyl adjacent to an activating group) is 1. The van der Waals surface area contributed by atoms with Crippen LogP contribution in [0.5, 0.6) is 0 Å². The molecule has 3 fully saturated rings. The van der Waals surface area contributed by atoms with E-state index in [1.165, 1.54) is 38.9 Å². The summed E-state index contributed by atoms with van der Waals surface area (Å²) in [5.74, 6) is -24.0. The maximum atomic E-state index is 15.3. The SMILES string of the molecule is CC(C)[C@@H]1NC(=O)[C@H](Cc2c[nH]c3ccccc23)NC(=O)[C@@H]2CSCC(=O)NCCN(CCNC(=O)CSC[C@@H](C(N)=O)NC(=O)[C@@H]3CCCN3C(=O)[C@H](C(C)C)NC(=O)[C@H](Cc3c[nH]c4ccccc34)NC(=O)CNC(=O)[C@H](CC(=O)O)NC1=O)CCNC(=O)CSC[C@H](NC(=O)[C@H](C)NC(=O)CN(C)C(=O)CCN)C(=O)N[C@@H]([C@@H](C)O)C(=O)N[C@@H](CCC(=O)O)C(=O)N2. The zero-order chi connectivity index (χ0) is 95.6. The number of benzene rings is 2. The number of carboxylic acid groups (broad SMARTS) is 2. The number of aromatic amines is 2. The van der Waals surface area contributed by atoms with Gasteiger partial charge in [0.15, 0.2) is 0 Å². The van der Waals surface area contributed by atoms with E-state index in [1.807, 2.05) is 0 Å². The summed E-state index contributed by atoms with van der Waals surface area (Å²) < 4.78 is 0. The predicted octanol–water partition coefficient (Wildman–Crippen LogP) is -6.90. The lowest BCUT2D eigenvalue weighted by Gasteiger charge is -2.32. The van der Waals surface area contributed by atoms with E-state index in [0.29, 0.717) is 39.4 Å². The molecule has 3 aliphatic heterocycles. The average Bonchev–Trinajstić information content (AvgIpc) is 1.65. The van der Waals surface area contributed by atoms with Crippen molar-refractivity contribution >= 4 is 175 Å². The number of aliphatic hydroxyl groups excluding tert-OH is 1. The molecule has 712 valence electrons. The number of hydrogen-bond donors (Lipinski definition) is 22. The van der Waals surface area contributed by atoms with E-state index >= 15 is 9.59 Å². The monoisotopic (exact) mass is 1870 g/mol. The van der Waals surface area contributed by atoms with E-state index in [1.54, 1.807) is 73.5 Å². The molecule has 45 nitrogen and oxygen atoms in total. The van der Waals surface area contributed by atoms with Gasteiger partial charge in [-0.1, -0.05) is 64.1 Å². The topological polar surface area (TPSA) is 676 Å². The fourth-order valence-corrected chi connectivity index (χ4v) is 16.8. The van der Waals surface area contributed by atoms with Crippen molar-refractivity contribution < 1.29 is 111 Å². The van der Waals surface area contributed by atoms with Gasteiger partial charge in [-0.2, -0.15) is 0 Å². The van der Waals surface area contributed by atoms with Gasteiger partial charge in [0.2, 0.25) is 106 Å². The minimum atomic E-state index is -2.05. The zero-order valence-electron chi connectivity index (χ0n) is 73.1. The standard InChI is InChI=1S/C82H118N22O23S3/c1-42(2)68-80(125)95-55(31-67(114)115)73(118)90-34-60(106)92-53(29-46-32-88-50-15-10-8-13-48(46)50)75(120)100-69(43(3)4)82(127)104-25-12-17-59(104)79(124)96-56(71(84)116)36-128-39-62(108)85-22-26-103-27-23-86-63(109)40-129-37-57(77(122)94-54(76(121)99-68)30-47-33-89-51-16-11-9-14-49(47)51)98-74(119)52(18-19-66(112)113)93-81(126)70(45(6)105)101-78(123)58(38-130-41-64(110)87-24-28-103)97-72(117)44(5)91-61(107)35-102(7)65(111)20-21-83/h8-11,13-16,32-33,42-45,52-59,68-70,88-89,105H,12,17-31,34-41,83H2,1-7H3,(H2,84,116)(H,85,108)(H,86,109)(H,87,110)(H,90,118)(H,91,107)(H,92,106)(H,93,126)(H,94,122)(H,95,125)(H,96,124)(H,97,117)(H,98,119)(H,99,121)(H,100,120)(H,101,123)(H,112,113)(H,114,115)/t44-,45+,52-,53-,54-,55-,56-,57-,58-,59-,68-,69-,70-/m0/s1. The second-order valence-corrected chi connectivity index (χ2v) is 35.2. The fourth-order valence-electron chi connectivity index (χ4n) is 14.1. The summed E-state index contributed by atoms with van der Waals surface area (Å²) in [6.07, 6.45) is -1.73. The summed E-state index contributed by atoms with van der Waals surface area (Å²) in [4.78, 5) is 290. The van der Waals surface area contributed by atoms with E-state index in [2.05, 4.69) is 89.7 Å². The summed E-state index contributed by atoms with van der Waals surface area (Å²) in [5.41, 5.74) is 13.5. The number of rotatable bonds is 20. The number of fused-ring (bicyclic) bond motifs is 11. The Morgan fingerprint density at radius 3 is 1.58 bits per heavy atom. The van der Waals surface area contributed by atoms with Crippen LogP contribution < -0.4 is 91.2 Å². The van der Waals surface area contributed by atoms with Gasteiger partial charge in [0, 0.05) is 137 Å². The largest absolute Gasteiger partial charge is 0.481 e. The number of hydrogen-bond acceptors (Lipinski definition) is 26. The molecule has 2 aromatic heterocycles. The molecule has 0 spiro atoms. The van der Waals surface area contributed by atoms with E-state index in [9.17, 15) is 102 Å². The Labute approximate surface area is 761 Å². The highest BCUT2D eigenvalue weighted by molar-refractivity contribution is 8.00. The number of nitrogens with zero attached hydrogens (tertiary/aromatic N) is 3. The molecule has 0 aliphatic carbocycles. The number of carbonyl (C=O) groups excluding carboxylic acids is 18. The minimum absolute atomic E-state index is 0.0162. The lowest BCUT2D eigenvalue weighted by Crippen LogP contribution is -2.62. The Kier molecular flexibility index (Phi) is 41.9. The minimum Gasteiger partial charge on any atom is -0.481 e. The van der Waals surface area contributed by atoms with Crippen molar-refractivity contribution in [3.05, 3.63) is 72.1 Å². The number of nitrogens with one attached hydrogen (secondary N) is 17. The maximum Gasteiger partial charge on any atom is 0.305 e. The molecule has 1 unspecified atom stereocenters. The number of thioether (sulfide) groups is 3. The van der Waals surface area contributed by atoms with Gasteiger partial charge >= 0.3 is 11.9 Å². The van der Waals surface area contributed by atoms with Crippen LogP contribution in [0.3, 0.4) is 0 Å². The van der Waals surface area contributed by atoms with E-state index in [0.717, 1.165) is 47.1 Å². The van der Waals surface area contributed by atoms with Crippen LogP contribution in [0.2, 0.25) is 0 Å². The van der Waals surface area contributed by atoms with Crippen molar-refractivity contribution in [2.24, 2.45) is 23.3 Å². The van der Waals surface area contributed by atoms with Crippen LogP contribution in [0, 0.1) is 11.8 Å². The van der Waals surface area contributed by atoms with Gasteiger partial charge in [-0.05, 0) is 68.2 Å². The molecule has 24 N–H and O–H groups in total. The predicted molar refractivity (Wildman–Crippen MR) is 477 cm³/mol. The third-order valence-corrected chi connectivity index (χ3v) is 24.3. The van der Waals surface area contributed by atoms with Gasteiger partial charge in [-0.3, -0.25) is 101 Å². The third-order valence-electron chi connectivity index (χ3n) is 21.2. The van der Waals surface area contributed by atoms with Crippen LogP contribution in [0.1, 0.15) is 91.2 Å². The van der Waals surface area contributed by atoms with Crippen LogP contribution in [0.15, 0.2) is 60.9 Å². The molecular formula is C82H118N22O23S3. The first-order valence-electron chi connectivity index (χ1n) is 42.3. The summed E-state index contributed by atoms with van der Waals surface area (Å²) in [6, 6.07) is -6.05. The first kappa shape index (κ1) is 105. The first-order chi connectivity index (χ1) is 61.7. The number of aromatic nitrogens is 2. The van der Waals surface area contributed by atoms with Crippen molar-refractivity contribution in [1.82, 2.24) is 104 Å². The molecular weight excluding hydrogens is 1760 g/mol. The molecule has 2 bridgehead atoms. The third kappa shape index (κ3) is 33.1. The fraction of sp³-hybridized carbons (Fsp3) is 0.561. The first-order valence-corrected chi connectivity index (χ1v) is 45.8. The normalized spacial score (nSPS) is 24.4. The van der Waals surface area contributed by atoms with Crippen LogP contribution in [0.4, 0.5) is 0 Å². The molecule has 3 saturated heterocycles. The number of nitrogens with two attached hydrogens (primary N) is 2. The number of para-hydroxylation sites is 2. The number of amides is 18. The molecule has 4 aromatic rings. The van der Waals surface area contributed by atoms with Crippen LogP contribution in [-0.2, 0) is 109 Å². The smallest absolute Gasteiger partial charge is 0.305 e. The van der Waals surface area contributed by atoms with Crippen molar-refractivity contribution in [1.29, 1.82) is 0 Å².